The second kappa shape index (κ2) is 7.64. The first-order chi connectivity index (χ1) is 9.75. The van der Waals surface area contributed by atoms with Crippen LogP contribution in [0.3, 0.4) is 0 Å². The first-order valence-electron chi connectivity index (χ1n) is 7.39. The third kappa shape index (κ3) is 4.65. The van der Waals surface area contributed by atoms with Crippen LogP contribution in [0, 0.1) is 0 Å². The number of carbonyl (C=O) groups excluding carboxylic acids is 1. The molecule has 0 saturated carbocycles. The molecule has 0 aliphatic rings. The number of unbranched alkanes of at least 4 members (excludes halogenated alkanes) is 2. The van der Waals surface area contributed by atoms with Crippen molar-refractivity contribution in [2.24, 2.45) is 0 Å². The fourth-order valence-electron chi connectivity index (χ4n) is 2.37. The van der Waals surface area contributed by atoms with Gasteiger partial charge < -0.3 is 4.79 Å². The van der Waals surface area contributed by atoms with Crippen LogP contribution in [0.2, 0.25) is 0 Å². The Morgan fingerprint density at radius 3 is 2.10 bits per heavy atom. The summed E-state index contributed by atoms with van der Waals surface area (Å²) in [5.41, 5.74) is 3.92. The molecule has 0 aromatic heterocycles. The summed E-state index contributed by atoms with van der Waals surface area (Å²) in [6.45, 7) is 1.67. The number of Topliss-reactive ketones (excluding diaryl/α,β-unsaturated/α-hetero) is 1. The van der Waals surface area contributed by atoms with Gasteiger partial charge in [0.1, 0.15) is 5.78 Å². The zero-order chi connectivity index (χ0) is 14.2. The minimum Gasteiger partial charge on any atom is -0.300 e. The average Bonchev–Trinajstić information content (AvgIpc) is 2.48. The Morgan fingerprint density at radius 2 is 1.45 bits per heavy atom. The van der Waals surface area contributed by atoms with Gasteiger partial charge in [-0.15, -0.1) is 0 Å². The van der Waals surface area contributed by atoms with E-state index in [1.54, 1.807) is 6.92 Å². The summed E-state index contributed by atoms with van der Waals surface area (Å²) in [5, 5.41) is 0. The number of carbonyl (C=O) groups is 1. The Morgan fingerprint density at radius 1 is 0.800 bits per heavy atom. The largest absolute Gasteiger partial charge is 0.300 e. The van der Waals surface area contributed by atoms with E-state index in [2.05, 4.69) is 48.5 Å². The molecular formula is C19H22O. The lowest BCUT2D eigenvalue weighted by Crippen LogP contribution is -1.91. The molecular weight excluding hydrogens is 244 g/mol. The third-order valence-electron chi connectivity index (χ3n) is 3.56. The van der Waals surface area contributed by atoms with Crippen LogP contribution in [-0.2, 0) is 11.2 Å². The first-order valence-corrected chi connectivity index (χ1v) is 7.39. The van der Waals surface area contributed by atoms with Gasteiger partial charge in [0.05, 0.1) is 0 Å². The van der Waals surface area contributed by atoms with Crippen molar-refractivity contribution in [1.82, 2.24) is 0 Å². The van der Waals surface area contributed by atoms with Crippen LogP contribution >= 0.6 is 0 Å². The van der Waals surface area contributed by atoms with Crippen molar-refractivity contribution in [2.45, 2.75) is 39.0 Å². The molecule has 0 spiro atoms. The molecule has 2 rings (SSSR count). The van der Waals surface area contributed by atoms with E-state index in [9.17, 15) is 4.79 Å². The lowest BCUT2D eigenvalue weighted by Gasteiger charge is -2.04. The fraction of sp³-hybridized carbons (Fsp3) is 0.316. The van der Waals surface area contributed by atoms with Crippen molar-refractivity contribution in [2.75, 3.05) is 0 Å². The summed E-state index contributed by atoms with van der Waals surface area (Å²) in [4.78, 5) is 10.8. The minimum atomic E-state index is 0.303. The Balaban J connectivity index is 1.82. The Hall–Kier alpha value is -1.89. The molecule has 0 bridgehead atoms. The summed E-state index contributed by atoms with van der Waals surface area (Å²) in [6, 6.07) is 19.3. The summed E-state index contributed by atoms with van der Waals surface area (Å²) in [6.07, 6.45) is 5.16. The Labute approximate surface area is 121 Å². The second-order valence-electron chi connectivity index (χ2n) is 5.33. The smallest absolute Gasteiger partial charge is 0.129 e. The summed E-state index contributed by atoms with van der Waals surface area (Å²) in [7, 11) is 0. The van der Waals surface area contributed by atoms with Crippen molar-refractivity contribution < 1.29 is 4.79 Å². The highest BCUT2D eigenvalue weighted by Gasteiger charge is 1.98. The van der Waals surface area contributed by atoms with Crippen molar-refractivity contribution in [3.8, 4) is 11.1 Å². The van der Waals surface area contributed by atoms with Crippen LogP contribution in [0.5, 0.6) is 0 Å². The molecule has 104 valence electrons. The highest BCUT2D eigenvalue weighted by molar-refractivity contribution is 5.75. The van der Waals surface area contributed by atoms with Crippen LogP contribution in [0.4, 0.5) is 0 Å². The van der Waals surface area contributed by atoms with Gasteiger partial charge in [0.25, 0.3) is 0 Å². The van der Waals surface area contributed by atoms with Crippen molar-refractivity contribution >= 4 is 5.78 Å². The molecule has 0 heterocycles. The van der Waals surface area contributed by atoms with Gasteiger partial charge in [-0.3, -0.25) is 0 Å². The molecule has 0 saturated heterocycles. The predicted octanol–water partition coefficient (Wildman–Crippen LogP) is 5.05. The molecule has 0 aliphatic carbocycles. The maximum absolute atomic E-state index is 10.8. The van der Waals surface area contributed by atoms with Crippen LogP contribution in [-0.4, -0.2) is 5.78 Å². The highest BCUT2D eigenvalue weighted by atomic mass is 16.1. The molecule has 2 aromatic rings. The molecule has 1 heteroatoms. The summed E-state index contributed by atoms with van der Waals surface area (Å²) in [5.74, 6) is 0.303. The summed E-state index contributed by atoms with van der Waals surface area (Å²) >= 11 is 0. The number of ketones is 1. The monoisotopic (exact) mass is 266 g/mol. The molecule has 1 nitrogen and oxygen atoms in total. The Bertz CT molecular complexity index is 525. The van der Waals surface area contributed by atoms with Crippen molar-refractivity contribution in [1.29, 1.82) is 0 Å². The van der Waals surface area contributed by atoms with Gasteiger partial charge in [-0.1, -0.05) is 61.0 Å². The maximum atomic E-state index is 10.8. The molecule has 0 radical (unpaired) electrons. The van der Waals surface area contributed by atoms with E-state index in [-0.39, 0.29) is 0 Å². The van der Waals surface area contributed by atoms with Crippen LogP contribution in [0.15, 0.2) is 54.6 Å². The SMILES string of the molecule is CC(=O)CCCCCc1ccc(-c2ccccc2)cc1. The molecule has 0 N–H and O–H groups in total. The minimum absolute atomic E-state index is 0.303. The molecule has 0 fully saturated rings. The van der Waals surface area contributed by atoms with Gasteiger partial charge in [-0.05, 0) is 42.9 Å². The van der Waals surface area contributed by atoms with Crippen LogP contribution < -0.4 is 0 Å². The number of rotatable bonds is 7. The van der Waals surface area contributed by atoms with E-state index < -0.39 is 0 Å². The van der Waals surface area contributed by atoms with E-state index in [4.69, 9.17) is 0 Å². The van der Waals surface area contributed by atoms with Gasteiger partial charge in [-0.2, -0.15) is 0 Å². The lowest BCUT2D eigenvalue weighted by atomic mass is 10.0. The topological polar surface area (TPSA) is 17.1 Å². The highest BCUT2D eigenvalue weighted by Crippen LogP contribution is 2.20. The maximum Gasteiger partial charge on any atom is 0.129 e. The predicted molar refractivity (Wildman–Crippen MR) is 84.7 cm³/mol. The number of hydrogen-bond acceptors (Lipinski definition) is 1. The van der Waals surface area contributed by atoms with E-state index in [1.165, 1.54) is 16.7 Å². The van der Waals surface area contributed by atoms with E-state index in [0.29, 0.717) is 5.78 Å². The quantitative estimate of drug-likeness (QED) is 0.641. The normalized spacial score (nSPS) is 10.4. The fourth-order valence-corrected chi connectivity index (χ4v) is 2.37. The molecule has 0 unspecified atom stereocenters. The van der Waals surface area contributed by atoms with Crippen LogP contribution in [0.25, 0.3) is 11.1 Å². The third-order valence-corrected chi connectivity index (χ3v) is 3.56. The number of aryl methyl sites for hydroxylation is 1. The number of hydrogen-bond donors (Lipinski definition) is 0. The van der Waals surface area contributed by atoms with Gasteiger partial charge in [0.2, 0.25) is 0 Å². The molecule has 20 heavy (non-hydrogen) atoms. The second-order valence-corrected chi connectivity index (χ2v) is 5.33. The average molecular weight is 266 g/mol. The zero-order valence-electron chi connectivity index (χ0n) is 12.1. The lowest BCUT2D eigenvalue weighted by molar-refractivity contribution is -0.117. The van der Waals surface area contributed by atoms with Crippen molar-refractivity contribution in [3.05, 3.63) is 60.2 Å². The molecule has 0 aliphatic heterocycles. The first kappa shape index (κ1) is 14.5. The number of benzene rings is 2. The zero-order valence-corrected chi connectivity index (χ0v) is 12.1. The van der Waals surface area contributed by atoms with E-state index >= 15 is 0 Å². The van der Waals surface area contributed by atoms with Gasteiger partial charge >= 0.3 is 0 Å². The van der Waals surface area contributed by atoms with Gasteiger partial charge in [0, 0.05) is 6.42 Å². The molecule has 0 amide bonds. The summed E-state index contributed by atoms with van der Waals surface area (Å²) < 4.78 is 0. The van der Waals surface area contributed by atoms with Crippen molar-refractivity contribution in [3.63, 3.8) is 0 Å². The van der Waals surface area contributed by atoms with Gasteiger partial charge in [0.15, 0.2) is 0 Å². The molecule has 0 atom stereocenters. The van der Waals surface area contributed by atoms with E-state index in [0.717, 1.165) is 32.1 Å². The van der Waals surface area contributed by atoms with Crippen LogP contribution in [0.1, 0.15) is 38.2 Å². The standard InChI is InChI=1S/C19H22O/c1-16(20)8-4-2-5-9-17-12-14-19(15-13-17)18-10-6-3-7-11-18/h3,6-7,10-15H,2,4-5,8-9H2,1H3. The van der Waals surface area contributed by atoms with Gasteiger partial charge in [-0.25, -0.2) is 0 Å². The molecule has 2 aromatic carbocycles. The Kier molecular flexibility index (Phi) is 5.55. The van der Waals surface area contributed by atoms with E-state index in [1.807, 2.05) is 6.07 Å².